The number of rotatable bonds is 1. The number of nitrogens with one attached hydrogen (secondary N) is 1. The van der Waals surface area contributed by atoms with Gasteiger partial charge in [0.1, 0.15) is 16.5 Å². The van der Waals surface area contributed by atoms with Crippen LogP contribution in [0.5, 0.6) is 0 Å². The van der Waals surface area contributed by atoms with Gasteiger partial charge in [0.15, 0.2) is 0 Å². The molecule has 0 bridgehead atoms. The van der Waals surface area contributed by atoms with Crippen molar-refractivity contribution in [2.24, 2.45) is 4.40 Å². The van der Waals surface area contributed by atoms with Gasteiger partial charge in [-0.2, -0.15) is 8.42 Å². The molecule has 1 N–H and O–H groups in total. The van der Waals surface area contributed by atoms with Gasteiger partial charge in [-0.1, -0.05) is 23.7 Å². The van der Waals surface area contributed by atoms with Crippen LogP contribution in [0.25, 0.3) is 11.1 Å². The van der Waals surface area contributed by atoms with Gasteiger partial charge in [-0.05, 0) is 29.8 Å². The summed E-state index contributed by atoms with van der Waals surface area (Å²) in [4.78, 5) is -0.396. The third kappa shape index (κ3) is 2.45. The smallest absolute Gasteiger partial charge is 0.287 e. The summed E-state index contributed by atoms with van der Waals surface area (Å²) in [7, 11) is -4.15. The highest BCUT2D eigenvalue weighted by Crippen LogP contribution is 2.41. The van der Waals surface area contributed by atoms with Crippen LogP contribution in [0.4, 0.5) is 14.5 Å². The molecule has 0 amide bonds. The average molecular weight is 363 g/mol. The molecule has 1 aliphatic rings. The van der Waals surface area contributed by atoms with Crippen LogP contribution in [-0.2, 0) is 10.0 Å². The number of halogens is 4. The van der Waals surface area contributed by atoms with Gasteiger partial charge >= 0.3 is 0 Å². The van der Waals surface area contributed by atoms with Crippen molar-refractivity contribution >= 4 is 44.2 Å². The number of nitrogens with zero attached hydrogens (tertiary/aromatic N) is 1. The van der Waals surface area contributed by atoms with Gasteiger partial charge in [0.2, 0.25) is 5.29 Å². The largest absolute Gasteiger partial charge is 0.328 e. The first-order valence-corrected chi connectivity index (χ1v) is 8.04. The zero-order valence-corrected chi connectivity index (χ0v) is 12.9. The summed E-state index contributed by atoms with van der Waals surface area (Å²) in [6, 6.07) is 5.80. The Hall–Kier alpha value is -1.70. The van der Waals surface area contributed by atoms with Gasteiger partial charge in [0.25, 0.3) is 10.0 Å². The standard InChI is InChI=1S/C13H6Cl2F2N2O2S/c14-11-7(2-1-3-9(11)17)8-4-6(16)5-10-12(8)18-13(15)19-22(10,20)21/h1-5H,(H,18,19). The molecule has 0 aliphatic carbocycles. The van der Waals surface area contributed by atoms with Crippen molar-refractivity contribution in [3.8, 4) is 11.1 Å². The Bertz CT molecular complexity index is 930. The summed E-state index contributed by atoms with van der Waals surface area (Å²) < 4.78 is 54.6. The molecule has 0 saturated carbocycles. The van der Waals surface area contributed by atoms with Crippen LogP contribution >= 0.6 is 23.2 Å². The molecule has 9 heteroatoms. The van der Waals surface area contributed by atoms with Crippen molar-refractivity contribution in [1.29, 1.82) is 0 Å². The second kappa shape index (κ2) is 5.19. The first kappa shape index (κ1) is 15.2. The van der Waals surface area contributed by atoms with Crippen molar-refractivity contribution in [3.05, 3.63) is 47.0 Å². The van der Waals surface area contributed by atoms with Crippen molar-refractivity contribution in [2.45, 2.75) is 4.90 Å². The van der Waals surface area contributed by atoms with Crippen LogP contribution in [0, 0.1) is 11.6 Å². The molecular formula is C13H6Cl2F2N2O2S. The second-order valence-corrected chi connectivity index (χ2v) is 6.72. The maximum atomic E-state index is 13.8. The molecule has 3 rings (SSSR count). The molecule has 2 aromatic rings. The van der Waals surface area contributed by atoms with Gasteiger partial charge in [-0.15, -0.1) is 4.40 Å². The van der Waals surface area contributed by atoms with Gasteiger partial charge in [-0.25, -0.2) is 8.78 Å². The fourth-order valence-electron chi connectivity index (χ4n) is 2.12. The van der Waals surface area contributed by atoms with E-state index >= 15 is 0 Å². The highest BCUT2D eigenvalue weighted by Gasteiger charge is 2.28. The lowest BCUT2D eigenvalue weighted by Crippen LogP contribution is -2.18. The van der Waals surface area contributed by atoms with Crippen molar-refractivity contribution < 1.29 is 17.2 Å². The lowest BCUT2D eigenvalue weighted by atomic mass is 10.0. The zero-order chi connectivity index (χ0) is 16.1. The number of hydrogen-bond donors (Lipinski definition) is 1. The number of amidine groups is 1. The third-order valence-electron chi connectivity index (χ3n) is 3.02. The molecule has 0 saturated heterocycles. The molecule has 114 valence electrons. The Balaban J connectivity index is 2.37. The van der Waals surface area contributed by atoms with Crippen LogP contribution in [0.2, 0.25) is 5.02 Å². The van der Waals surface area contributed by atoms with Gasteiger partial charge < -0.3 is 5.32 Å². The molecule has 22 heavy (non-hydrogen) atoms. The lowest BCUT2D eigenvalue weighted by Gasteiger charge is -2.19. The first-order chi connectivity index (χ1) is 10.3. The summed E-state index contributed by atoms with van der Waals surface area (Å²) in [6.07, 6.45) is 0. The molecule has 1 heterocycles. The number of benzene rings is 2. The van der Waals surface area contributed by atoms with Crippen LogP contribution in [-0.4, -0.2) is 13.7 Å². The van der Waals surface area contributed by atoms with E-state index in [1.165, 1.54) is 12.1 Å². The molecule has 1 aliphatic heterocycles. The molecule has 0 unspecified atom stereocenters. The third-order valence-corrected chi connectivity index (χ3v) is 4.98. The van der Waals surface area contributed by atoms with E-state index in [0.29, 0.717) is 0 Å². The predicted molar refractivity (Wildman–Crippen MR) is 80.9 cm³/mol. The van der Waals surface area contributed by atoms with Crippen LogP contribution in [0.15, 0.2) is 39.6 Å². The van der Waals surface area contributed by atoms with E-state index in [-0.39, 0.29) is 21.8 Å². The molecule has 0 aromatic heterocycles. The Morgan fingerprint density at radius 2 is 1.82 bits per heavy atom. The summed E-state index contributed by atoms with van der Waals surface area (Å²) in [6.45, 7) is 0. The van der Waals surface area contributed by atoms with Crippen molar-refractivity contribution in [3.63, 3.8) is 0 Å². The van der Waals surface area contributed by atoms with Crippen LogP contribution < -0.4 is 5.32 Å². The molecular weight excluding hydrogens is 357 g/mol. The average Bonchev–Trinajstić information content (AvgIpc) is 2.42. The minimum Gasteiger partial charge on any atom is -0.328 e. The van der Waals surface area contributed by atoms with E-state index < -0.39 is 31.8 Å². The topological polar surface area (TPSA) is 58.5 Å². The molecule has 2 aromatic carbocycles. The first-order valence-electron chi connectivity index (χ1n) is 5.85. The monoisotopic (exact) mass is 362 g/mol. The van der Waals surface area contributed by atoms with E-state index in [9.17, 15) is 17.2 Å². The maximum absolute atomic E-state index is 13.8. The summed E-state index contributed by atoms with van der Waals surface area (Å²) in [5, 5.41) is 1.89. The van der Waals surface area contributed by atoms with Crippen molar-refractivity contribution in [1.82, 2.24) is 0 Å². The van der Waals surface area contributed by atoms with E-state index in [4.69, 9.17) is 23.2 Å². The fourth-order valence-corrected chi connectivity index (χ4v) is 3.75. The Morgan fingerprint density at radius 1 is 1.09 bits per heavy atom. The predicted octanol–water partition coefficient (Wildman–Crippen LogP) is 3.99. The quantitative estimate of drug-likeness (QED) is 0.780. The minimum atomic E-state index is -4.15. The summed E-state index contributed by atoms with van der Waals surface area (Å²) in [5.41, 5.74) is 0.191. The Kier molecular flexibility index (Phi) is 3.58. The molecule has 0 radical (unpaired) electrons. The van der Waals surface area contributed by atoms with Gasteiger partial charge in [0.05, 0.1) is 10.7 Å². The molecule has 0 fully saturated rings. The van der Waals surface area contributed by atoms with E-state index in [1.807, 2.05) is 0 Å². The van der Waals surface area contributed by atoms with Crippen molar-refractivity contribution in [2.75, 3.05) is 5.32 Å². The Labute approximate surface area is 134 Å². The lowest BCUT2D eigenvalue weighted by molar-refractivity contribution is 0.592. The van der Waals surface area contributed by atoms with Gasteiger partial charge in [-0.3, -0.25) is 0 Å². The fraction of sp³-hybridized carbons (Fsp3) is 0. The number of fused-ring (bicyclic) bond motifs is 1. The van der Waals surface area contributed by atoms with E-state index in [0.717, 1.165) is 18.2 Å². The van der Waals surface area contributed by atoms with Crippen LogP contribution in [0.3, 0.4) is 0 Å². The Morgan fingerprint density at radius 3 is 2.55 bits per heavy atom. The molecule has 4 nitrogen and oxygen atoms in total. The van der Waals surface area contributed by atoms with E-state index in [2.05, 4.69) is 9.71 Å². The minimum absolute atomic E-state index is 0.00565. The SMILES string of the molecule is O=S1(=O)N=C(Cl)Nc2c(-c3cccc(F)c3Cl)cc(F)cc21. The molecule has 0 spiro atoms. The van der Waals surface area contributed by atoms with Crippen LogP contribution in [0.1, 0.15) is 0 Å². The number of hydrogen-bond acceptors (Lipinski definition) is 3. The van der Waals surface area contributed by atoms with E-state index in [1.54, 1.807) is 0 Å². The normalized spacial score (nSPS) is 15.7. The highest BCUT2D eigenvalue weighted by atomic mass is 35.5. The second-order valence-electron chi connectivity index (χ2n) is 4.41. The molecule has 0 atom stereocenters. The zero-order valence-electron chi connectivity index (χ0n) is 10.6. The van der Waals surface area contributed by atoms with Gasteiger partial charge in [0, 0.05) is 11.1 Å². The summed E-state index contributed by atoms with van der Waals surface area (Å²) >= 11 is 11.6. The number of sulfonamides is 1. The maximum Gasteiger partial charge on any atom is 0.287 e. The summed E-state index contributed by atoms with van der Waals surface area (Å²) in [5.74, 6) is -1.54. The highest BCUT2D eigenvalue weighted by molar-refractivity contribution is 7.90. The number of anilines is 1.